The van der Waals surface area contributed by atoms with Crippen LogP contribution in [-0.4, -0.2) is 11.8 Å². The van der Waals surface area contributed by atoms with Crippen molar-refractivity contribution < 1.29 is 14.3 Å². The standard InChI is InChI=1S/C7H6O3/c1-5(8)4-6-2-3-7(9)10-6/h2-4H,1H3. The third-order valence-corrected chi connectivity index (χ3v) is 0.948. The van der Waals surface area contributed by atoms with E-state index in [0.717, 1.165) is 0 Å². The van der Waals surface area contributed by atoms with Crippen LogP contribution in [0.1, 0.15) is 6.92 Å². The molecule has 0 saturated heterocycles. The molecule has 3 heteroatoms. The lowest BCUT2D eigenvalue weighted by molar-refractivity contribution is -0.132. The predicted molar refractivity (Wildman–Crippen MR) is 34.0 cm³/mol. The molecule has 0 N–H and O–H groups in total. The van der Waals surface area contributed by atoms with Crippen molar-refractivity contribution in [1.82, 2.24) is 0 Å². The summed E-state index contributed by atoms with van der Waals surface area (Å²) in [6.45, 7) is 1.40. The average molecular weight is 138 g/mol. The molecule has 0 unspecified atom stereocenters. The number of cyclic esters (lactones) is 1. The Bertz CT molecular complexity index is 235. The van der Waals surface area contributed by atoms with Gasteiger partial charge in [0.2, 0.25) is 0 Å². The normalized spacial score (nSPS) is 19.7. The molecule has 1 aliphatic rings. The van der Waals surface area contributed by atoms with Crippen LogP contribution in [0, 0.1) is 0 Å². The Morgan fingerprint density at radius 2 is 2.30 bits per heavy atom. The van der Waals surface area contributed by atoms with Crippen LogP contribution in [0.4, 0.5) is 0 Å². The topological polar surface area (TPSA) is 43.4 Å². The van der Waals surface area contributed by atoms with Gasteiger partial charge in [-0.25, -0.2) is 4.79 Å². The number of rotatable bonds is 1. The second-order valence-electron chi connectivity index (χ2n) is 1.91. The molecule has 0 saturated carbocycles. The molecule has 0 aromatic rings. The first-order valence-electron chi connectivity index (χ1n) is 2.80. The number of allylic oxidation sites excluding steroid dienone is 2. The molecule has 1 rings (SSSR count). The van der Waals surface area contributed by atoms with Gasteiger partial charge in [-0.15, -0.1) is 0 Å². The lowest BCUT2D eigenvalue weighted by Gasteiger charge is -1.90. The average Bonchev–Trinajstić information content (AvgIpc) is 2.13. The number of hydrogen-bond donors (Lipinski definition) is 0. The monoisotopic (exact) mass is 138 g/mol. The van der Waals surface area contributed by atoms with E-state index in [2.05, 4.69) is 4.74 Å². The maximum absolute atomic E-state index is 10.4. The van der Waals surface area contributed by atoms with Gasteiger partial charge in [-0.05, 0) is 13.0 Å². The maximum atomic E-state index is 10.4. The molecule has 0 atom stereocenters. The Balaban J connectivity index is 2.70. The highest BCUT2D eigenvalue weighted by Gasteiger charge is 2.08. The van der Waals surface area contributed by atoms with Crippen LogP contribution >= 0.6 is 0 Å². The second-order valence-corrected chi connectivity index (χ2v) is 1.91. The molecule has 0 aromatic carbocycles. The summed E-state index contributed by atoms with van der Waals surface area (Å²) >= 11 is 0. The minimum atomic E-state index is -0.424. The highest BCUT2D eigenvalue weighted by Crippen LogP contribution is 2.07. The van der Waals surface area contributed by atoms with Gasteiger partial charge in [0.15, 0.2) is 5.78 Å². The van der Waals surface area contributed by atoms with Gasteiger partial charge >= 0.3 is 5.97 Å². The first-order valence-corrected chi connectivity index (χ1v) is 2.80. The maximum Gasteiger partial charge on any atom is 0.336 e. The molecule has 3 nitrogen and oxygen atoms in total. The molecule has 0 aliphatic carbocycles. The van der Waals surface area contributed by atoms with Gasteiger partial charge in [0, 0.05) is 12.2 Å². The van der Waals surface area contributed by atoms with Gasteiger partial charge < -0.3 is 4.74 Å². The van der Waals surface area contributed by atoms with E-state index >= 15 is 0 Å². The number of ether oxygens (including phenoxy) is 1. The van der Waals surface area contributed by atoms with Crippen LogP contribution < -0.4 is 0 Å². The van der Waals surface area contributed by atoms with Crippen molar-refractivity contribution in [2.75, 3.05) is 0 Å². The highest BCUT2D eigenvalue weighted by molar-refractivity contribution is 5.92. The van der Waals surface area contributed by atoms with E-state index in [0.29, 0.717) is 5.76 Å². The molecule has 0 aromatic heterocycles. The zero-order valence-electron chi connectivity index (χ0n) is 5.46. The molecule has 0 fully saturated rings. The smallest absolute Gasteiger partial charge is 0.336 e. The zero-order chi connectivity index (χ0) is 7.56. The van der Waals surface area contributed by atoms with Gasteiger partial charge in [-0.3, -0.25) is 4.79 Å². The van der Waals surface area contributed by atoms with E-state index in [4.69, 9.17) is 0 Å². The van der Waals surface area contributed by atoms with Crippen molar-refractivity contribution in [3.8, 4) is 0 Å². The summed E-state index contributed by atoms with van der Waals surface area (Å²) in [7, 11) is 0. The fraction of sp³-hybridized carbons (Fsp3) is 0.143. The van der Waals surface area contributed by atoms with Crippen LogP contribution in [0.15, 0.2) is 24.0 Å². The van der Waals surface area contributed by atoms with Crippen molar-refractivity contribution in [2.45, 2.75) is 6.92 Å². The Labute approximate surface area is 58.0 Å². The van der Waals surface area contributed by atoms with Crippen LogP contribution in [0.2, 0.25) is 0 Å². The molecule has 52 valence electrons. The van der Waals surface area contributed by atoms with Gasteiger partial charge in [0.05, 0.1) is 0 Å². The van der Waals surface area contributed by atoms with Gasteiger partial charge in [0.25, 0.3) is 0 Å². The number of carbonyl (C=O) groups excluding carboxylic acids is 2. The van der Waals surface area contributed by atoms with Crippen molar-refractivity contribution in [1.29, 1.82) is 0 Å². The van der Waals surface area contributed by atoms with Gasteiger partial charge in [-0.1, -0.05) is 0 Å². The summed E-state index contributed by atoms with van der Waals surface area (Å²) in [4.78, 5) is 20.8. The number of esters is 1. The molecule has 0 amide bonds. The third-order valence-electron chi connectivity index (χ3n) is 0.948. The zero-order valence-corrected chi connectivity index (χ0v) is 5.46. The molecule has 1 aliphatic heterocycles. The first kappa shape index (κ1) is 6.74. The van der Waals surface area contributed by atoms with Crippen LogP contribution in [0.5, 0.6) is 0 Å². The molecule has 1 heterocycles. The van der Waals surface area contributed by atoms with Gasteiger partial charge in [0.1, 0.15) is 5.76 Å². The molecule has 0 spiro atoms. The Morgan fingerprint density at radius 1 is 1.60 bits per heavy atom. The molecular formula is C7H6O3. The first-order chi connectivity index (χ1) is 4.68. The quantitative estimate of drug-likeness (QED) is 0.393. The summed E-state index contributed by atoms with van der Waals surface area (Å²) in [5, 5.41) is 0. The molecular weight excluding hydrogens is 132 g/mol. The van der Waals surface area contributed by atoms with E-state index in [1.807, 2.05) is 0 Å². The number of ketones is 1. The largest absolute Gasteiger partial charge is 0.423 e. The van der Waals surface area contributed by atoms with Gasteiger partial charge in [-0.2, -0.15) is 0 Å². The lowest BCUT2D eigenvalue weighted by Crippen LogP contribution is -1.92. The SMILES string of the molecule is CC(=O)C=C1C=CC(=O)O1. The summed E-state index contributed by atoms with van der Waals surface area (Å²) < 4.78 is 4.56. The molecule has 0 bridgehead atoms. The van der Waals surface area contributed by atoms with Crippen molar-refractivity contribution in [3.05, 3.63) is 24.0 Å². The Hall–Kier alpha value is -1.38. The summed E-state index contributed by atoms with van der Waals surface area (Å²) in [5.74, 6) is -0.237. The van der Waals surface area contributed by atoms with Crippen LogP contribution in [0.3, 0.4) is 0 Å². The molecule has 10 heavy (non-hydrogen) atoms. The minimum absolute atomic E-state index is 0.130. The number of hydrogen-bond acceptors (Lipinski definition) is 3. The fourth-order valence-corrected chi connectivity index (χ4v) is 0.612. The Kier molecular flexibility index (Phi) is 1.67. The van der Waals surface area contributed by atoms with E-state index < -0.39 is 5.97 Å². The van der Waals surface area contributed by atoms with E-state index in [1.165, 1.54) is 25.2 Å². The van der Waals surface area contributed by atoms with Crippen molar-refractivity contribution in [2.24, 2.45) is 0 Å². The third kappa shape index (κ3) is 1.55. The van der Waals surface area contributed by atoms with E-state index in [9.17, 15) is 9.59 Å². The van der Waals surface area contributed by atoms with Crippen molar-refractivity contribution in [3.63, 3.8) is 0 Å². The fourth-order valence-electron chi connectivity index (χ4n) is 0.612. The van der Waals surface area contributed by atoms with Crippen molar-refractivity contribution >= 4 is 11.8 Å². The predicted octanol–water partition coefficient (Wildman–Crippen LogP) is 0.572. The van der Waals surface area contributed by atoms with Crippen LogP contribution in [0.25, 0.3) is 0 Å². The highest BCUT2D eigenvalue weighted by atomic mass is 16.5. The Morgan fingerprint density at radius 3 is 2.70 bits per heavy atom. The van der Waals surface area contributed by atoms with E-state index in [-0.39, 0.29) is 5.78 Å². The second kappa shape index (κ2) is 2.47. The van der Waals surface area contributed by atoms with Crippen LogP contribution in [-0.2, 0) is 14.3 Å². The minimum Gasteiger partial charge on any atom is -0.423 e. The summed E-state index contributed by atoms with van der Waals surface area (Å²) in [6, 6.07) is 0. The summed E-state index contributed by atoms with van der Waals surface area (Å²) in [5.41, 5.74) is 0. The summed E-state index contributed by atoms with van der Waals surface area (Å²) in [6.07, 6.45) is 4.00. The number of carbonyl (C=O) groups is 2. The van der Waals surface area contributed by atoms with E-state index in [1.54, 1.807) is 0 Å². The molecule has 0 radical (unpaired) electrons. The lowest BCUT2D eigenvalue weighted by atomic mass is 10.3.